The van der Waals surface area contributed by atoms with E-state index in [-0.39, 0.29) is 29.2 Å². The summed E-state index contributed by atoms with van der Waals surface area (Å²) in [5.74, 6) is -1.27. The number of phenols is 1. The van der Waals surface area contributed by atoms with Crippen molar-refractivity contribution in [1.29, 1.82) is 0 Å². The molecule has 0 saturated heterocycles. The van der Waals surface area contributed by atoms with Crippen LogP contribution in [0.1, 0.15) is 41.6 Å². The number of aromatic hydroxyl groups is 1. The molecule has 2 aliphatic rings. The minimum absolute atomic E-state index is 0.160. The highest BCUT2D eigenvalue weighted by atomic mass is 19.1. The molecule has 1 aliphatic carbocycles. The predicted octanol–water partition coefficient (Wildman–Crippen LogP) is 3.31. The summed E-state index contributed by atoms with van der Waals surface area (Å²) in [7, 11) is 0. The predicted molar refractivity (Wildman–Crippen MR) is 107 cm³/mol. The summed E-state index contributed by atoms with van der Waals surface area (Å²) in [6.07, 6.45) is 6.98. The number of pyridine rings is 1. The van der Waals surface area contributed by atoms with Gasteiger partial charge in [0.05, 0.1) is 5.56 Å². The molecular formula is C22H19FN4O4. The zero-order valence-electron chi connectivity index (χ0n) is 16.4. The first kappa shape index (κ1) is 19.2. The van der Waals surface area contributed by atoms with Crippen molar-refractivity contribution >= 4 is 17.7 Å². The minimum Gasteiger partial charge on any atom is -0.508 e. The summed E-state index contributed by atoms with van der Waals surface area (Å²) in [6, 6.07) is 7.00. The lowest BCUT2D eigenvalue weighted by molar-refractivity contribution is -0.122. The van der Waals surface area contributed by atoms with Crippen molar-refractivity contribution in [1.82, 2.24) is 14.8 Å². The van der Waals surface area contributed by atoms with Gasteiger partial charge in [-0.3, -0.25) is 9.78 Å². The molecule has 31 heavy (non-hydrogen) atoms. The Hall–Kier alpha value is -3.75. The number of esters is 1. The molecule has 0 bridgehead atoms. The van der Waals surface area contributed by atoms with Crippen LogP contribution in [0.25, 0.3) is 5.69 Å². The maximum absolute atomic E-state index is 14.0. The summed E-state index contributed by atoms with van der Waals surface area (Å²) in [6.45, 7) is 0. The van der Waals surface area contributed by atoms with Gasteiger partial charge in [0.2, 0.25) is 5.91 Å². The van der Waals surface area contributed by atoms with Gasteiger partial charge in [0.1, 0.15) is 17.0 Å². The normalized spacial score (nSPS) is 22.2. The van der Waals surface area contributed by atoms with Crippen LogP contribution in [0.2, 0.25) is 0 Å². The Kier molecular flexibility index (Phi) is 4.46. The summed E-state index contributed by atoms with van der Waals surface area (Å²) in [5, 5.41) is 16.3. The number of benzene rings is 1. The van der Waals surface area contributed by atoms with Gasteiger partial charge in [0, 0.05) is 42.2 Å². The molecule has 9 heteroatoms. The Bertz CT molecular complexity index is 1180. The van der Waals surface area contributed by atoms with Crippen LogP contribution >= 0.6 is 0 Å². The third-order valence-electron chi connectivity index (χ3n) is 6.00. The van der Waals surface area contributed by atoms with Crippen LogP contribution in [0.4, 0.5) is 10.2 Å². The number of carbonyl (C=O) groups is 2. The van der Waals surface area contributed by atoms with Crippen molar-refractivity contribution in [2.75, 3.05) is 5.32 Å². The molecule has 2 N–H and O–H groups in total. The number of hydrogen-bond donors (Lipinski definition) is 2. The van der Waals surface area contributed by atoms with E-state index in [0.717, 1.165) is 11.6 Å². The number of nitrogens with zero attached hydrogens (tertiary/aromatic N) is 3. The molecule has 3 aromatic rings. The van der Waals surface area contributed by atoms with Crippen LogP contribution in [-0.2, 0) is 15.1 Å². The van der Waals surface area contributed by atoms with Crippen molar-refractivity contribution in [2.45, 2.75) is 31.3 Å². The van der Waals surface area contributed by atoms with Crippen LogP contribution in [0, 0.1) is 11.7 Å². The standard InChI is InChI=1S/C22H19FN4O4/c23-17-11-14(28)1-2-18(17)27-10-6-19(26-27)25-20(29)13-3-7-22(8-4-13)16-12-24-9-5-15(16)21(30)31-22/h1-2,5-6,9-13,28H,3-4,7-8H2,(H,25,26,29)/t13-,22+. The molecule has 8 nitrogen and oxygen atoms in total. The van der Waals surface area contributed by atoms with Gasteiger partial charge in [-0.05, 0) is 43.9 Å². The number of rotatable bonds is 3. The lowest BCUT2D eigenvalue weighted by Gasteiger charge is -2.35. The molecule has 1 amide bonds. The Labute approximate surface area is 176 Å². The summed E-state index contributed by atoms with van der Waals surface area (Å²) >= 11 is 0. The monoisotopic (exact) mass is 422 g/mol. The van der Waals surface area contributed by atoms with E-state index in [1.54, 1.807) is 24.5 Å². The van der Waals surface area contributed by atoms with E-state index in [0.29, 0.717) is 37.1 Å². The fourth-order valence-electron chi connectivity index (χ4n) is 4.38. The topological polar surface area (TPSA) is 106 Å². The molecule has 1 saturated carbocycles. The molecule has 3 heterocycles. The van der Waals surface area contributed by atoms with Crippen LogP contribution in [0.5, 0.6) is 5.75 Å². The van der Waals surface area contributed by atoms with Crippen molar-refractivity contribution < 1.29 is 23.8 Å². The summed E-state index contributed by atoms with van der Waals surface area (Å²) in [5.41, 5.74) is 0.807. The SMILES string of the molecule is O=C1O[C@]2(CC[C@@H](C(=O)Nc3ccn(-c4ccc(O)cc4F)n3)CC2)c2cnccc21. The summed E-state index contributed by atoms with van der Waals surface area (Å²) in [4.78, 5) is 29.1. The quantitative estimate of drug-likeness (QED) is 0.628. The molecule has 1 fully saturated rings. The lowest BCUT2D eigenvalue weighted by atomic mass is 9.75. The average Bonchev–Trinajstić information content (AvgIpc) is 3.32. The first-order chi connectivity index (χ1) is 14.9. The van der Waals surface area contributed by atoms with Gasteiger partial charge in [-0.15, -0.1) is 5.10 Å². The Balaban J connectivity index is 1.25. The van der Waals surface area contributed by atoms with Gasteiger partial charge < -0.3 is 15.2 Å². The highest BCUT2D eigenvalue weighted by Gasteiger charge is 2.48. The van der Waals surface area contributed by atoms with E-state index < -0.39 is 11.4 Å². The first-order valence-corrected chi connectivity index (χ1v) is 9.98. The van der Waals surface area contributed by atoms with Gasteiger partial charge in [0.15, 0.2) is 11.6 Å². The number of carbonyl (C=O) groups excluding carboxylic acids is 2. The number of anilines is 1. The number of ether oxygens (including phenoxy) is 1. The van der Waals surface area contributed by atoms with Crippen molar-refractivity contribution in [3.05, 3.63) is 65.9 Å². The van der Waals surface area contributed by atoms with E-state index >= 15 is 0 Å². The van der Waals surface area contributed by atoms with Crippen molar-refractivity contribution in [3.8, 4) is 11.4 Å². The highest BCUT2D eigenvalue weighted by Crippen LogP contribution is 2.47. The fraction of sp³-hybridized carbons (Fsp3) is 0.273. The molecule has 158 valence electrons. The van der Waals surface area contributed by atoms with Crippen molar-refractivity contribution in [2.24, 2.45) is 5.92 Å². The molecule has 1 spiro atoms. The second-order valence-electron chi connectivity index (χ2n) is 7.85. The van der Waals surface area contributed by atoms with E-state index in [9.17, 15) is 19.1 Å². The Morgan fingerprint density at radius 3 is 2.84 bits per heavy atom. The van der Waals surface area contributed by atoms with Crippen molar-refractivity contribution in [3.63, 3.8) is 0 Å². The van der Waals surface area contributed by atoms with E-state index in [2.05, 4.69) is 15.4 Å². The molecule has 1 aromatic carbocycles. The lowest BCUT2D eigenvalue weighted by Crippen LogP contribution is -2.36. The molecule has 0 radical (unpaired) electrons. The average molecular weight is 422 g/mol. The number of nitrogens with one attached hydrogen (secondary N) is 1. The minimum atomic E-state index is -0.699. The third kappa shape index (κ3) is 3.31. The number of phenolic OH excluding ortho intramolecular Hbond substituents is 1. The van der Waals surface area contributed by atoms with Crippen LogP contribution in [0.15, 0.2) is 48.9 Å². The van der Waals surface area contributed by atoms with E-state index in [1.165, 1.54) is 23.0 Å². The van der Waals surface area contributed by atoms with Crippen LogP contribution < -0.4 is 5.32 Å². The zero-order valence-corrected chi connectivity index (χ0v) is 16.4. The van der Waals surface area contributed by atoms with Gasteiger partial charge in [-0.25, -0.2) is 13.9 Å². The zero-order chi connectivity index (χ0) is 21.6. The Morgan fingerprint density at radius 2 is 2.06 bits per heavy atom. The molecule has 1 aliphatic heterocycles. The molecule has 5 rings (SSSR count). The fourth-order valence-corrected chi connectivity index (χ4v) is 4.38. The molecule has 0 unspecified atom stereocenters. The largest absolute Gasteiger partial charge is 0.508 e. The molecule has 2 aromatic heterocycles. The first-order valence-electron chi connectivity index (χ1n) is 9.98. The maximum atomic E-state index is 14.0. The Morgan fingerprint density at radius 1 is 1.26 bits per heavy atom. The van der Waals surface area contributed by atoms with E-state index in [4.69, 9.17) is 4.74 Å². The second-order valence-corrected chi connectivity index (χ2v) is 7.85. The number of fused-ring (bicyclic) bond motifs is 2. The summed E-state index contributed by atoms with van der Waals surface area (Å²) < 4.78 is 21.0. The van der Waals surface area contributed by atoms with Gasteiger partial charge >= 0.3 is 5.97 Å². The number of aromatic nitrogens is 3. The smallest absolute Gasteiger partial charge is 0.339 e. The van der Waals surface area contributed by atoms with Crippen LogP contribution in [0.3, 0.4) is 0 Å². The second kappa shape index (κ2) is 7.19. The van der Waals surface area contributed by atoms with E-state index in [1.807, 2.05) is 0 Å². The van der Waals surface area contributed by atoms with Gasteiger partial charge in [0.25, 0.3) is 0 Å². The third-order valence-corrected chi connectivity index (χ3v) is 6.00. The van der Waals surface area contributed by atoms with Gasteiger partial charge in [-0.2, -0.15) is 0 Å². The van der Waals surface area contributed by atoms with Crippen LogP contribution in [-0.4, -0.2) is 31.7 Å². The van der Waals surface area contributed by atoms with Gasteiger partial charge in [-0.1, -0.05) is 0 Å². The maximum Gasteiger partial charge on any atom is 0.339 e. The molecular weight excluding hydrogens is 403 g/mol. The highest BCUT2D eigenvalue weighted by molar-refractivity contribution is 5.95. The number of halogens is 1. The number of amides is 1. The number of hydrogen-bond acceptors (Lipinski definition) is 6. The molecule has 0 atom stereocenters.